The van der Waals surface area contributed by atoms with Crippen molar-refractivity contribution in [2.24, 2.45) is 0 Å². The number of aromatic nitrogens is 1. The second-order valence-corrected chi connectivity index (χ2v) is 23.3. The highest BCUT2D eigenvalue weighted by Gasteiger charge is 2.31. The Hall–Kier alpha value is -9.96. The third kappa shape index (κ3) is 7.86. The fraction of sp³-hybridized carbons (Fsp3) is 0.111. The predicted molar refractivity (Wildman–Crippen MR) is 352 cm³/mol. The SMILES string of the molecule is C1=CCCC(c2c3ccccc3c(C3C=CC=CC3)c3ccc(-c4ccc(-n5c6ccc(C7=CCC=Cc8c7oc7c8C=CCC7c7ccccc7)cc6c6cc(-c7cccc8c9c(oc78)C(c7ccccc7)=CCC9)ccc65)cc4)cc23)=C1. The zero-order valence-electron chi connectivity index (χ0n) is 46.7. The first-order chi connectivity index (χ1) is 41.7. The van der Waals surface area contributed by atoms with Gasteiger partial charge in [0.05, 0.1) is 11.0 Å². The molecule has 3 heterocycles. The number of hydrogen-bond donors (Lipinski definition) is 0. The Morgan fingerprint density at radius 3 is 2.00 bits per heavy atom. The molecule has 0 saturated carbocycles. The van der Waals surface area contributed by atoms with Gasteiger partial charge in [0.2, 0.25) is 0 Å². The number of nitrogens with zero attached hydrogens (tertiary/aromatic N) is 1. The van der Waals surface area contributed by atoms with Gasteiger partial charge in [0.25, 0.3) is 0 Å². The van der Waals surface area contributed by atoms with Crippen molar-refractivity contribution in [3.8, 4) is 27.9 Å². The molecule has 84 heavy (non-hydrogen) atoms. The average Bonchev–Trinajstić information content (AvgIpc) is 3.84. The molecule has 5 aliphatic carbocycles. The van der Waals surface area contributed by atoms with Gasteiger partial charge in [0.1, 0.15) is 22.9 Å². The van der Waals surface area contributed by atoms with Crippen molar-refractivity contribution in [2.75, 3.05) is 0 Å². The van der Waals surface area contributed by atoms with Crippen molar-refractivity contribution < 1.29 is 8.83 Å². The molecule has 0 saturated heterocycles. The van der Waals surface area contributed by atoms with E-state index in [-0.39, 0.29) is 5.92 Å². The van der Waals surface area contributed by atoms with Crippen LogP contribution in [0.1, 0.15) is 112 Å². The topological polar surface area (TPSA) is 31.2 Å². The third-order valence-corrected chi connectivity index (χ3v) is 18.7. The summed E-state index contributed by atoms with van der Waals surface area (Å²) in [4.78, 5) is 0. The first-order valence-electron chi connectivity index (χ1n) is 30.1. The maximum atomic E-state index is 7.16. The van der Waals surface area contributed by atoms with Crippen molar-refractivity contribution in [3.05, 3.63) is 311 Å². The lowest BCUT2D eigenvalue weighted by molar-refractivity contribution is 0.474. The van der Waals surface area contributed by atoms with Gasteiger partial charge >= 0.3 is 0 Å². The highest BCUT2D eigenvalue weighted by Crippen LogP contribution is 2.49. The maximum absolute atomic E-state index is 7.16. The Kier molecular flexibility index (Phi) is 11.5. The second-order valence-electron chi connectivity index (χ2n) is 23.3. The minimum absolute atomic E-state index is 0.161. The van der Waals surface area contributed by atoms with Crippen LogP contribution in [0.4, 0.5) is 0 Å². The van der Waals surface area contributed by atoms with E-state index in [1.807, 2.05) is 0 Å². The molecule has 0 fully saturated rings. The summed E-state index contributed by atoms with van der Waals surface area (Å²) in [6.45, 7) is 0. The van der Waals surface area contributed by atoms with Crippen molar-refractivity contribution >= 4 is 83.2 Å². The van der Waals surface area contributed by atoms with Crippen LogP contribution >= 0.6 is 0 Å². The zero-order valence-corrected chi connectivity index (χ0v) is 46.7. The first kappa shape index (κ1) is 48.7. The number of para-hydroxylation sites is 1. The Morgan fingerprint density at radius 1 is 0.452 bits per heavy atom. The third-order valence-electron chi connectivity index (χ3n) is 18.7. The van der Waals surface area contributed by atoms with Gasteiger partial charge in [-0.25, -0.2) is 0 Å². The van der Waals surface area contributed by atoms with Gasteiger partial charge in [0, 0.05) is 67.1 Å². The molecule has 3 heteroatoms. The van der Waals surface area contributed by atoms with Crippen LogP contribution in [0.5, 0.6) is 0 Å². The van der Waals surface area contributed by atoms with E-state index in [4.69, 9.17) is 8.83 Å². The van der Waals surface area contributed by atoms with Crippen molar-refractivity contribution in [3.63, 3.8) is 0 Å². The van der Waals surface area contributed by atoms with E-state index in [1.165, 1.54) is 93.4 Å². The Labute approximate surface area is 489 Å². The molecular formula is C81H59NO2. The Balaban J connectivity index is 0.820. The summed E-state index contributed by atoms with van der Waals surface area (Å²) in [6.07, 6.45) is 36.6. The van der Waals surface area contributed by atoms with Crippen LogP contribution in [0.15, 0.2) is 258 Å². The lowest BCUT2D eigenvalue weighted by atomic mass is 9.80. The monoisotopic (exact) mass is 1080 g/mol. The fourth-order valence-electron chi connectivity index (χ4n) is 14.8. The molecule has 400 valence electrons. The van der Waals surface area contributed by atoms with Gasteiger partial charge in [-0.05, 0) is 159 Å². The number of benzene rings is 9. The van der Waals surface area contributed by atoms with E-state index in [0.717, 1.165) is 112 Å². The summed E-state index contributed by atoms with van der Waals surface area (Å²) < 4.78 is 16.7. The number of fused-ring (bicyclic) bond motifs is 11. The van der Waals surface area contributed by atoms with Gasteiger partial charge in [-0.3, -0.25) is 0 Å². The van der Waals surface area contributed by atoms with E-state index in [9.17, 15) is 0 Å². The Morgan fingerprint density at radius 2 is 1.18 bits per heavy atom. The van der Waals surface area contributed by atoms with E-state index in [0.29, 0.717) is 5.92 Å². The molecule has 9 aromatic carbocycles. The van der Waals surface area contributed by atoms with Crippen LogP contribution in [-0.2, 0) is 6.42 Å². The van der Waals surface area contributed by atoms with E-state index in [2.05, 4.69) is 266 Å². The summed E-state index contributed by atoms with van der Waals surface area (Å²) in [5.41, 5.74) is 22.8. The molecule has 0 spiro atoms. The Bertz CT molecular complexity index is 4960. The molecule has 5 aliphatic rings. The molecule has 3 nitrogen and oxygen atoms in total. The largest absolute Gasteiger partial charge is 0.459 e. The number of aryl methyl sites for hydroxylation is 1. The van der Waals surface area contributed by atoms with Crippen molar-refractivity contribution in [1.82, 2.24) is 4.57 Å². The van der Waals surface area contributed by atoms with Gasteiger partial charge in [-0.15, -0.1) is 0 Å². The smallest absolute Gasteiger partial charge is 0.142 e. The highest BCUT2D eigenvalue weighted by atomic mass is 16.3. The number of allylic oxidation sites excluding steroid dienone is 12. The molecule has 0 aliphatic heterocycles. The minimum Gasteiger partial charge on any atom is -0.459 e. The van der Waals surface area contributed by atoms with Gasteiger partial charge in [-0.2, -0.15) is 0 Å². The normalized spacial score (nSPS) is 17.2. The van der Waals surface area contributed by atoms with Crippen LogP contribution in [0.25, 0.3) is 111 Å². The van der Waals surface area contributed by atoms with Crippen LogP contribution < -0.4 is 0 Å². The highest BCUT2D eigenvalue weighted by molar-refractivity contribution is 6.15. The van der Waals surface area contributed by atoms with E-state index < -0.39 is 0 Å². The first-order valence-corrected chi connectivity index (χ1v) is 30.1. The lowest BCUT2D eigenvalue weighted by Gasteiger charge is -2.24. The molecule has 3 aromatic heterocycles. The van der Waals surface area contributed by atoms with Crippen molar-refractivity contribution in [1.29, 1.82) is 0 Å². The van der Waals surface area contributed by atoms with E-state index in [1.54, 1.807) is 0 Å². The minimum atomic E-state index is 0.161. The van der Waals surface area contributed by atoms with Crippen LogP contribution in [-0.4, -0.2) is 4.57 Å². The summed E-state index contributed by atoms with van der Waals surface area (Å²) >= 11 is 0. The van der Waals surface area contributed by atoms with Gasteiger partial charge in [0.15, 0.2) is 0 Å². The summed E-state index contributed by atoms with van der Waals surface area (Å²) in [7, 11) is 0. The molecule has 0 N–H and O–H groups in total. The quantitative estimate of drug-likeness (QED) is 0.142. The zero-order chi connectivity index (χ0) is 55.2. The summed E-state index contributed by atoms with van der Waals surface area (Å²) in [5.74, 6) is 3.46. The molecule has 2 unspecified atom stereocenters. The standard InChI is InChI=1S/C81H59NO2/c1-5-20-52(21-6-1)60-32-17-35-68-67-31-16-13-28-62(80(67)83-78(60)68)57-41-46-74-71(49-57)72-50-58(63-34-19-37-70-69-36-18-33-61(79(69)84-81(63)70)53-22-7-2-8-23-53)42-47-75(72)82(74)59-43-38-51(39-44-59)56-40-45-66-73(48-56)77(55-26-11-4-12-27-55)65-30-15-14-29-64(65)76(66)54-24-9-3-10-25-54/h1-11,14-17,19-24,26,28-31,33-35,37-50,54,60H,12-13,18,25,27,32,36H2. The molecule has 0 bridgehead atoms. The lowest BCUT2D eigenvalue weighted by Crippen LogP contribution is -2.03. The molecule has 2 atom stereocenters. The van der Waals surface area contributed by atoms with Crippen LogP contribution in [0, 0.1) is 0 Å². The molecule has 0 radical (unpaired) electrons. The molecule has 12 aromatic rings. The van der Waals surface area contributed by atoms with Gasteiger partial charge in [-0.1, -0.05) is 219 Å². The number of hydrogen-bond acceptors (Lipinski definition) is 2. The predicted octanol–water partition coefficient (Wildman–Crippen LogP) is 21.9. The number of furan rings is 2. The maximum Gasteiger partial charge on any atom is 0.142 e. The fourth-order valence-corrected chi connectivity index (χ4v) is 14.8. The van der Waals surface area contributed by atoms with Crippen LogP contribution in [0.2, 0.25) is 0 Å². The van der Waals surface area contributed by atoms with Gasteiger partial charge < -0.3 is 13.4 Å². The number of rotatable bonds is 8. The molecule has 17 rings (SSSR count). The second kappa shape index (κ2) is 19.9. The van der Waals surface area contributed by atoms with Crippen molar-refractivity contribution in [2.45, 2.75) is 56.8 Å². The molecular weight excluding hydrogens is 1020 g/mol. The van der Waals surface area contributed by atoms with E-state index >= 15 is 0 Å². The summed E-state index contributed by atoms with van der Waals surface area (Å²) in [5, 5.41) is 8.94. The summed E-state index contributed by atoms with van der Waals surface area (Å²) in [6, 6.07) is 68.0. The average molecular weight is 1080 g/mol. The van der Waals surface area contributed by atoms with Crippen LogP contribution in [0.3, 0.4) is 0 Å². The molecule has 0 amide bonds.